The van der Waals surface area contributed by atoms with E-state index < -0.39 is 66.8 Å². The smallest absolute Gasteiger partial charge is 0.467 e. The van der Waals surface area contributed by atoms with Crippen LogP contribution in [-0.2, 0) is 38.1 Å². The first-order chi connectivity index (χ1) is 22.8. The van der Waals surface area contributed by atoms with Crippen LogP contribution in [-0.4, -0.2) is 93.6 Å². The molecule has 19 heteroatoms. The van der Waals surface area contributed by atoms with Gasteiger partial charge >= 0.3 is 24.3 Å². The van der Waals surface area contributed by atoms with Gasteiger partial charge in [-0.25, -0.2) is 24.7 Å². The predicted octanol–water partition coefficient (Wildman–Crippen LogP) is 2.44. The Kier molecular flexibility index (Phi) is 11.6. The summed E-state index contributed by atoms with van der Waals surface area (Å²) in [5.74, 6) is -2.70. The molecule has 1 aliphatic rings. The number of alkyl halides is 3. The number of nitrogens with two attached hydrogens (primary N) is 1. The van der Waals surface area contributed by atoms with Gasteiger partial charge in [0.2, 0.25) is 0 Å². The summed E-state index contributed by atoms with van der Waals surface area (Å²) in [7, 11) is 1.05. The number of ether oxygens (including phenoxy) is 5. The zero-order valence-corrected chi connectivity index (χ0v) is 25.8. The van der Waals surface area contributed by atoms with Gasteiger partial charge in [-0.1, -0.05) is 18.2 Å². The number of hydrogen-bond donors (Lipinski definition) is 2. The highest BCUT2D eigenvalue weighted by Gasteiger charge is 2.51. The number of benzene rings is 1. The molecule has 1 amide bonds. The Morgan fingerprint density at radius 3 is 2.40 bits per heavy atom. The topological polar surface area (TPSA) is 208 Å². The first kappa shape index (κ1) is 35.7. The minimum Gasteiger partial charge on any atom is -0.467 e. The van der Waals surface area contributed by atoms with Gasteiger partial charge in [-0.05, 0) is 31.4 Å². The molecule has 0 radical (unpaired) electrons. The van der Waals surface area contributed by atoms with E-state index in [4.69, 9.17) is 19.9 Å². The second-order valence-corrected chi connectivity index (χ2v) is 10.5. The molecule has 0 bridgehead atoms. The van der Waals surface area contributed by atoms with Crippen molar-refractivity contribution in [2.24, 2.45) is 10.7 Å². The standard InChI is InChI=1S/C29H32F3N7O9/c1-15(40)46-22-20(11-18(33)9-10-19(28(43)44-3)37-14-45-29(30,31)32)48-27(23(22)47-16(2)41)39-13-36-21-24(34-12-35-25(21)39)38-26(42)17-7-5-4-6-8-17/h4-8,12-14,18-20,22-23,27H,9-11,33H2,1-3H3,(H,34,35,38,42)/t18-,19-,20+,22?,23?,27+/m0/s1. The molecule has 0 aliphatic carbocycles. The molecule has 4 rings (SSSR count). The van der Waals surface area contributed by atoms with Crippen molar-refractivity contribution in [1.82, 2.24) is 19.5 Å². The van der Waals surface area contributed by atoms with Crippen LogP contribution in [0.4, 0.5) is 19.0 Å². The van der Waals surface area contributed by atoms with Gasteiger partial charge in [0.25, 0.3) is 5.91 Å². The number of halogens is 3. The minimum absolute atomic E-state index is 0.0249. The van der Waals surface area contributed by atoms with Crippen molar-refractivity contribution < 1.29 is 56.0 Å². The zero-order chi connectivity index (χ0) is 35.0. The third kappa shape index (κ3) is 9.22. The van der Waals surface area contributed by atoms with Crippen LogP contribution >= 0.6 is 0 Å². The fourth-order valence-electron chi connectivity index (χ4n) is 5.01. The van der Waals surface area contributed by atoms with Crippen LogP contribution in [0.5, 0.6) is 0 Å². The highest BCUT2D eigenvalue weighted by Crippen LogP contribution is 2.38. The van der Waals surface area contributed by atoms with E-state index in [1.807, 2.05) is 0 Å². The summed E-state index contributed by atoms with van der Waals surface area (Å²) in [5.41, 5.74) is 7.06. The molecule has 2 aromatic heterocycles. The second-order valence-electron chi connectivity index (χ2n) is 10.5. The van der Waals surface area contributed by atoms with Gasteiger partial charge in [-0.2, -0.15) is 0 Å². The normalized spacial score (nSPS) is 20.6. The van der Waals surface area contributed by atoms with E-state index in [1.165, 1.54) is 17.2 Å². The summed E-state index contributed by atoms with van der Waals surface area (Å²) >= 11 is 0. The lowest BCUT2D eigenvalue weighted by Crippen LogP contribution is -2.41. The lowest BCUT2D eigenvalue weighted by Gasteiger charge is -2.25. The number of fused-ring (bicyclic) bond motifs is 1. The van der Waals surface area contributed by atoms with Crippen molar-refractivity contribution in [3.05, 3.63) is 48.5 Å². The fourth-order valence-corrected chi connectivity index (χ4v) is 5.01. The molecule has 48 heavy (non-hydrogen) atoms. The van der Waals surface area contributed by atoms with Crippen LogP contribution in [0.1, 0.15) is 49.7 Å². The average molecular weight is 680 g/mol. The van der Waals surface area contributed by atoms with E-state index in [-0.39, 0.29) is 42.6 Å². The molecule has 16 nitrogen and oxygen atoms in total. The Labute approximate surface area is 270 Å². The van der Waals surface area contributed by atoms with E-state index in [0.29, 0.717) is 5.56 Å². The monoisotopic (exact) mass is 679 g/mol. The molecular weight excluding hydrogens is 647 g/mol. The van der Waals surface area contributed by atoms with Crippen molar-refractivity contribution in [1.29, 1.82) is 0 Å². The number of anilines is 1. The molecule has 6 atom stereocenters. The average Bonchev–Trinajstić information content (AvgIpc) is 3.59. The van der Waals surface area contributed by atoms with E-state index in [2.05, 4.69) is 34.7 Å². The summed E-state index contributed by atoms with van der Waals surface area (Å²) in [6.45, 7) is 2.31. The molecule has 0 spiro atoms. The van der Waals surface area contributed by atoms with Crippen LogP contribution in [0.15, 0.2) is 48.0 Å². The highest BCUT2D eigenvalue weighted by atomic mass is 19.4. The molecule has 0 saturated carbocycles. The molecule has 3 N–H and O–H groups in total. The molecular formula is C29H32F3N7O9. The van der Waals surface area contributed by atoms with Crippen molar-refractivity contribution in [3.8, 4) is 0 Å². The van der Waals surface area contributed by atoms with Crippen molar-refractivity contribution in [3.63, 3.8) is 0 Å². The minimum atomic E-state index is -4.99. The Hall–Kier alpha value is -5.17. The zero-order valence-electron chi connectivity index (χ0n) is 25.8. The maximum Gasteiger partial charge on any atom is 0.573 e. The number of amides is 1. The maximum absolute atomic E-state index is 12.8. The number of carbonyl (C=O) groups is 4. The van der Waals surface area contributed by atoms with Gasteiger partial charge in [-0.15, -0.1) is 13.2 Å². The highest BCUT2D eigenvalue weighted by molar-refractivity contribution is 6.06. The molecule has 3 heterocycles. The van der Waals surface area contributed by atoms with Crippen LogP contribution < -0.4 is 11.1 Å². The summed E-state index contributed by atoms with van der Waals surface area (Å²) in [6.07, 6.45) is -7.02. The summed E-state index contributed by atoms with van der Waals surface area (Å²) in [4.78, 5) is 65.5. The summed E-state index contributed by atoms with van der Waals surface area (Å²) in [6, 6.07) is 6.27. The van der Waals surface area contributed by atoms with Crippen molar-refractivity contribution in [2.75, 3.05) is 12.4 Å². The SMILES string of the molecule is COC(=O)[C@H](CC[C@H](N)C[C@H]1O[C@@H](n2cnc3c(NC(=O)c4ccccc4)ncnc32)C(OC(C)=O)C1OC(C)=O)N=COC(F)(F)F. The van der Waals surface area contributed by atoms with Crippen LogP contribution in [0.2, 0.25) is 0 Å². The van der Waals surface area contributed by atoms with Gasteiger partial charge < -0.3 is 34.7 Å². The maximum atomic E-state index is 12.8. The largest absolute Gasteiger partial charge is 0.573 e. The third-order valence-electron chi connectivity index (χ3n) is 7.04. The molecule has 258 valence electrons. The first-order valence-corrected chi connectivity index (χ1v) is 14.4. The van der Waals surface area contributed by atoms with Crippen LogP contribution in [0.25, 0.3) is 11.2 Å². The van der Waals surface area contributed by atoms with Gasteiger partial charge in [0.15, 0.2) is 47.9 Å². The number of aromatic nitrogens is 4. The lowest BCUT2D eigenvalue weighted by molar-refractivity contribution is -0.280. The predicted molar refractivity (Wildman–Crippen MR) is 158 cm³/mol. The molecule has 1 saturated heterocycles. The third-order valence-corrected chi connectivity index (χ3v) is 7.04. The number of aliphatic imine (C=N–C) groups is 1. The Balaban J connectivity index is 1.57. The summed E-state index contributed by atoms with van der Waals surface area (Å²) < 4.78 is 64.0. The molecule has 1 aromatic carbocycles. The Morgan fingerprint density at radius 2 is 1.75 bits per heavy atom. The number of imidazole rings is 1. The van der Waals surface area contributed by atoms with Crippen LogP contribution in [0, 0.1) is 0 Å². The quantitative estimate of drug-likeness (QED) is 0.115. The van der Waals surface area contributed by atoms with Gasteiger partial charge in [0.1, 0.15) is 12.4 Å². The molecule has 2 unspecified atom stereocenters. The number of methoxy groups -OCH3 is 1. The number of nitrogens with one attached hydrogen (secondary N) is 1. The summed E-state index contributed by atoms with van der Waals surface area (Å²) in [5, 5.41) is 2.69. The second kappa shape index (κ2) is 15.6. The van der Waals surface area contributed by atoms with Crippen molar-refractivity contribution in [2.45, 2.75) is 76.1 Å². The van der Waals surface area contributed by atoms with Gasteiger partial charge in [0.05, 0.1) is 13.4 Å². The number of esters is 3. The lowest BCUT2D eigenvalue weighted by atomic mass is 9.98. The van der Waals surface area contributed by atoms with Gasteiger partial charge in [-0.3, -0.25) is 19.0 Å². The van der Waals surface area contributed by atoms with E-state index in [0.717, 1.165) is 21.0 Å². The molecule has 1 aliphatic heterocycles. The number of hydrogen-bond acceptors (Lipinski definition) is 14. The van der Waals surface area contributed by atoms with Gasteiger partial charge in [0, 0.05) is 25.5 Å². The number of rotatable bonds is 13. The van der Waals surface area contributed by atoms with Crippen molar-refractivity contribution >= 4 is 47.2 Å². The fraction of sp³-hybridized carbons (Fsp3) is 0.448. The Bertz CT molecular complexity index is 1640. The van der Waals surface area contributed by atoms with E-state index in [9.17, 15) is 32.3 Å². The number of carbonyl (C=O) groups excluding carboxylic acids is 4. The molecule has 1 fully saturated rings. The van der Waals surface area contributed by atoms with E-state index in [1.54, 1.807) is 30.3 Å². The van der Waals surface area contributed by atoms with Crippen LogP contribution in [0.3, 0.4) is 0 Å². The molecule has 3 aromatic rings. The first-order valence-electron chi connectivity index (χ1n) is 14.4. The van der Waals surface area contributed by atoms with E-state index >= 15 is 0 Å². The Morgan fingerprint density at radius 1 is 1.06 bits per heavy atom. The number of nitrogens with zero attached hydrogens (tertiary/aromatic N) is 5.